The van der Waals surface area contributed by atoms with Gasteiger partial charge in [-0.1, -0.05) is 56.7 Å². The molecule has 0 bridgehead atoms. The van der Waals surface area contributed by atoms with Crippen LogP contribution in [0.4, 0.5) is 0 Å². The Hall–Kier alpha value is -2.42. The second-order valence-corrected chi connectivity index (χ2v) is 9.05. The van der Waals surface area contributed by atoms with Gasteiger partial charge in [-0.15, -0.1) is 0 Å². The quantitative estimate of drug-likeness (QED) is 0.265. The lowest BCUT2D eigenvalue weighted by Crippen LogP contribution is -2.48. The molecule has 8 nitrogen and oxygen atoms in total. The molecule has 1 aliphatic heterocycles. The summed E-state index contributed by atoms with van der Waals surface area (Å²) < 4.78 is 17.2. The van der Waals surface area contributed by atoms with E-state index in [-0.39, 0.29) is 18.9 Å². The van der Waals surface area contributed by atoms with Gasteiger partial charge in [0.1, 0.15) is 12.2 Å². The fourth-order valence-corrected chi connectivity index (χ4v) is 4.30. The monoisotopic (exact) mass is 475 g/mol. The Balaban J connectivity index is 1.30. The topological polar surface area (TPSA) is 118 Å². The van der Waals surface area contributed by atoms with E-state index in [0.717, 1.165) is 62.3 Å². The number of esters is 1. The third-order valence-corrected chi connectivity index (χ3v) is 6.29. The van der Waals surface area contributed by atoms with Crippen LogP contribution in [0.1, 0.15) is 81.5 Å². The van der Waals surface area contributed by atoms with Crippen molar-refractivity contribution in [1.82, 2.24) is 4.98 Å². The van der Waals surface area contributed by atoms with Crippen molar-refractivity contribution >= 4 is 22.8 Å². The summed E-state index contributed by atoms with van der Waals surface area (Å²) in [4.78, 5) is 26.2. The maximum absolute atomic E-state index is 12.7. The number of aromatic nitrogens is 1. The van der Waals surface area contributed by atoms with Gasteiger partial charge in [-0.05, 0) is 25.8 Å². The van der Waals surface area contributed by atoms with Gasteiger partial charge in [0, 0.05) is 36.5 Å². The first kappa shape index (κ1) is 26.2. The third kappa shape index (κ3) is 7.82. The van der Waals surface area contributed by atoms with Gasteiger partial charge in [0.25, 0.3) is 0 Å². The van der Waals surface area contributed by atoms with Crippen molar-refractivity contribution in [3.8, 4) is 0 Å². The van der Waals surface area contributed by atoms with Gasteiger partial charge in [0.05, 0.1) is 11.7 Å². The van der Waals surface area contributed by atoms with Crippen molar-refractivity contribution in [3.05, 3.63) is 36.0 Å². The molecule has 3 rings (SSSR count). The zero-order valence-electron chi connectivity index (χ0n) is 19.9. The first-order chi connectivity index (χ1) is 16.5. The number of aliphatic carboxylic acids is 1. The lowest BCUT2D eigenvalue weighted by molar-refractivity contribution is -0.260. The van der Waals surface area contributed by atoms with Crippen molar-refractivity contribution in [2.24, 2.45) is 0 Å². The number of hydrogen-bond acceptors (Lipinski definition) is 6. The maximum Gasteiger partial charge on any atom is 0.340 e. The first-order valence-corrected chi connectivity index (χ1v) is 12.4. The lowest BCUT2D eigenvalue weighted by Gasteiger charge is -2.37. The molecule has 1 aromatic heterocycles. The fourth-order valence-electron chi connectivity index (χ4n) is 4.30. The fraction of sp³-hybridized carbons (Fsp3) is 0.615. The molecule has 0 saturated carbocycles. The van der Waals surface area contributed by atoms with Crippen LogP contribution in [-0.2, 0) is 19.0 Å². The van der Waals surface area contributed by atoms with E-state index >= 15 is 0 Å². The molecule has 0 spiro atoms. The number of aliphatic hydroxyl groups excluding tert-OH is 1. The zero-order valence-corrected chi connectivity index (χ0v) is 19.9. The summed E-state index contributed by atoms with van der Waals surface area (Å²) >= 11 is 0. The first-order valence-electron chi connectivity index (χ1n) is 12.4. The number of para-hydroxylation sites is 1. The zero-order chi connectivity index (χ0) is 24.3. The Bertz CT molecular complexity index is 911. The molecule has 1 aromatic carbocycles. The molecule has 0 unspecified atom stereocenters. The lowest BCUT2D eigenvalue weighted by atomic mass is 10.0. The second kappa shape index (κ2) is 13.5. The molecule has 4 atom stereocenters. The summed E-state index contributed by atoms with van der Waals surface area (Å²) in [5.41, 5.74) is 1.34. The number of nitrogens with one attached hydrogen (secondary N) is 1. The number of carboxylic acids is 1. The number of rotatable bonds is 14. The van der Waals surface area contributed by atoms with Crippen LogP contribution >= 0.6 is 0 Å². The van der Waals surface area contributed by atoms with Crippen molar-refractivity contribution in [1.29, 1.82) is 0 Å². The Morgan fingerprint density at radius 2 is 1.74 bits per heavy atom. The van der Waals surface area contributed by atoms with Crippen LogP contribution in [0, 0.1) is 0 Å². The van der Waals surface area contributed by atoms with E-state index in [9.17, 15) is 14.7 Å². The highest BCUT2D eigenvalue weighted by Gasteiger charge is 2.38. The smallest absolute Gasteiger partial charge is 0.340 e. The number of aromatic amines is 1. The molecule has 188 valence electrons. The van der Waals surface area contributed by atoms with Crippen LogP contribution in [0.3, 0.4) is 0 Å². The molecule has 2 aromatic rings. The summed E-state index contributed by atoms with van der Waals surface area (Å²) in [6, 6.07) is 7.53. The number of carbonyl (C=O) groups is 2. The molecule has 2 heterocycles. The number of hydrogen-bond donors (Lipinski definition) is 3. The summed E-state index contributed by atoms with van der Waals surface area (Å²) in [7, 11) is 0. The number of fused-ring (bicyclic) bond motifs is 1. The van der Waals surface area contributed by atoms with Crippen LogP contribution in [0.25, 0.3) is 10.9 Å². The highest BCUT2D eigenvalue weighted by atomic mass is 16.7. The molecule has 8 heteroatoms. The standard InChI is InChI=1S/C26H37NO7/c1-18-23(34-25(31)20-17-27-21-13-10-9-12-19(20)21)16-22(28)26(33-18)32-15-11-7-5-3-2-4-6-8-14-24(29)30/h9-10,12-13,17-18,22-23,26-28H,2-8,11,14-16H2,1H3,(H,29,30)/t18-,22+,23+,26+/m0/s1. The molecule has 1 aliphatic rings. The van der Waals surface area contributed by atoms with E-state index in [0.29, 0.717) is 12.2 Å². The summed E-state index contributed by atoms with van der Waals surface area (Å²) in [6.45, 7) is 2.33. The van der Waals surface area contributed by atoms with Crippen LogP contribution in [0.15, 0.2) is 30.5 Å². The molecular formula is C26H37NO7. The van der Waals surface area contributed by atoms with Crippen LogP contribution < -0.4 is 0 Å². The highest BCUT2D eigenvalue weighted by Crippen LogP contribution is 2.26. The Labute approximate surface area is 200 Å². The van der Waals surface area contributed by atoms with Crippen LogP contribution in [-0.4, -0.2) is 58.3 Å². The van der Waals surface area contributed by atoms with E-state index < -0.39 is 30.4 Å². The van der Waals surface area contributed by atoms with Gasteiger partial charge >= 0.3 is 11.9 Å². The highest BCUT2D eigenvalue weighted by molar-refractivity contribution is 6.04. The number of ether oxygens (including phenoxy) is 3. The number of aliphatic hydroxyl groups is 1. The Morgan fingerprint density at radius 3 is 2.47 bits per heavy atom. The largest absolute Gasteiger partial charge is 0.481 e. The number of unbranched alkanes of at least 4 members (excludes halogenated alkanes) is 7. The van der Waals surface area contributed by atoms with E-state index in [1.54, 1.807) is 6.20 Å². The minimum Gasteiger partial charge on any atom is -0.481 e. The van der Waals surface area contributed by atoms with E-state index in [4.69, 9.17) is 19.3 Å². The van der Waals surface area contributed by atoms with Crippen molar-refractivity contribution in [2.75, 3.05) is 6.61 Å². The van der Waals surface area contributed by atoms with E-state index in [2.05, 4.69) is 4.98 Å². The van der Waals surface area contributed by atoms with Crippen LogP contribution in [0.2, 0.25) is 0 Å². The van der Waals surface area contributed by atoms with Gasteiger partial charge < -0.3 is 29.4 Å². The van der Waals surface area contributed by atoms with Gasteiger partial charge in [0.2, 0.25) is 0 Å². The number of carboxylic acid groups (broad SMARTS) is 1. The Morgan fingerprint density at radius 1 is 1.06 bits per heavy atom. The average molecular weight is 476 g/mol. The number of benzene rings is 1. The minimum atomic E-state index is -0.859. The molecule has 0 amide bonds. The normalized spacial score (nSPS) is 22.6. The summed E-state index contributed by atoms with van der Waals surface area (Å²) in [5.74, 6) is -1.16. The van der Waals surface area contributed by atoms with Crippen molar-refractivity contribution in [2.45, 2.75) is 95.7 Å². The summed E-state index contributed by atoms with van der Waals surface area (Å²) in [5, 5.41) is 19.9. The summed E-state index contributed by atoms with van der Waals surface area (Å²) in [6.07, 6.45) is 7.77. The minimum absolute atomic E-state index is 0.262. The van der Waals surface area contributed by atoms with Crippen LogP contribution in [0.5, 0.6) is 0 Å². The molecular weight excluding hydrogens is 438 g/mol. The van der Waals surface area contributed by atoms with E-state index in [1.165, 1.54) is 0 Å². The molecule has 0 radical (unpaired) electrons. The third-order valence-electron chi connectivity index (χ3n) is 6.29. The van der Waals surface area contributed by atoms with Crippen molar-refractivity contribution < 1.29 is 34.0 Å². The predicted octanol–water partition coefficient (Wildman–Crippen LogP) is 4.80. The molecule has 1 fully saturated rings. The van der Waals surface area contributed by atoms with Gasteiger partial charge in [0.15, 0.2) is 6.29 Å². The van der Waals surface area contributed by atoms with Gasteiger partial charge in [-0.2, -0.15) is 0 Å². The maximum atomic E-state index is 12.7. The van der Waals surface area contributed by atoms with Gasteiger partial charge in [-0.3, -0.25) is 4.79 Å². The predicted molar refractivity (Wildman–Crippen MR) is 128 cm³/mol. The van der Waals surface area contributed by atoms with Gasteiger partial charge in [-0.25, -0.2) is 4.79 Å². The Kier molecular flexibility index (Phi) is 10.4. The molecule has 1 saturated heterocycles. The number of carbonyl (C=O) groups excluding carboxylic acids is 1. The molecule has 3 N–H and O–H groups in total. The van der Waals surface area contributed by atoms with E-state index in [1.807, 2.05) is 31.2 Å². The molecule has 0 aliphatic carbocycles. The van der Waals surface area contributed by atoms with Crippen molar-refractivity contribution in [3.63, 3.8) is 0 Å². The SMILES string of the molecule is C[C@@H]1O[C@@H](OCCCCCCCCCCC(=O)O)[C@H](O)C[C@H]1OC(=O)c1c[nH]c2ccccc12. The molecule has 34 heavy (non-hydrogen) atoms. The second-order valence-electron chi connectivity index (χ2n) is 9.05. The number of H-pyrrole nitrogens is 1. The average Bonchev–Trinajstić information content (AvgIpc) is 3.24.